The highest BCUT2D eigenvalue weighted by atomic mass is 16.5. The summed E-state index contributed by atoms with van der Waals surface area (Å²) in [6, 6.07) is 6.54. The Labute approximate surface area is 113 Å². The van der Waals surface area contributed by atoms with Crippen LogP contribution in [0.25, 0.3) is 0 Å². The van der Waals surface area contributed by atoms with Crippen LogP contribution < -0.4 is 10.1 Å². The molecule has 100 valence electrons. The first-order chi connectivity index (χ1) is 9.31. The fraction of sp³-hybridized carbons (Fsp3) is 0.400. The Morgan fingerprint density at radius 2 is 2.37 bits per heavy atom. The van der Waals surface area contributed by atoms with Crippen LogP contribution in [0.5, 0.6) is 5.75 Å². The Hall–Kier alpha value is -1.81. The van der Waals surface area contributed by atoms with E-state index < -0.39 is 0 Å². The number of benzene rings is 1. The first kappa shape index (κ1) is 12.2. The van der Waals surface area contributed by atoms with E-state index in [4.69, 9.17) is 4.74 Å². The molecule has 0 saturated carbocycles. The van der Waals surface area contributed by atoms with E-state index in [0.29, 0.717) is 0 Å². The molecule has 3 rings (SSSR count). The number of nitrogens with one attached hydrogen (secondary N) is 1. The van der Waals surface area contributed by atoms with E-state index in [-0.39, 0.29) is 6.04 Å². The van der Waals surface area contributed by atoms with Crippen molar-refractivity contribution in [2.75, 3.05) is 13.2 Å². The summed E-state index contributed by atoms with van der Waals surface area (Å²) >= 11 is 0. The zero-order valence-corrected chi connectivity index (χ0v) is 11.4. The largest absolute Gasteiger partial charge is 0.493 e. The number of imidazole rings is 1. The third kappa shape index (κ3) is 2.12. The highest BCUT2D eigenvalue weighted by Crippen LogP contribution is 2.35. The quantitative estimate of drug-likeness (QED) is 0.911. The first-order valence-corrected chi connectivity index (χ1v) is 6.75. The smallest absolute Gasteiger partial charge is 0.127 e. The molecule has 1 unspecified atom stereocenters. The minimum absolute atomic E-state index is 0.130. The number of hydrogen-bond donors (Lipinski definition) is 1. The van der Waals surface area contributed by atoms with Crippen molar-refractivity contribution in [1.29, 1.82) is 0 Å². The molecule has 0 saturated heterocycles. The van der Waals surface area contributed by atoms with Crippen molar-refractivity contribution in [2.45, 2.75) is 19.4 Å². The zero-order valence-electron chi connectivity index (χ0n) is 11.4. The molecule has 1 aromatic carbocycles. The Morgan fingerprint density at radius 1 is 1.47 bits per heavy atom. The van der Waals surface area contributed by atoms with E-state index >= 15 is 0 Å². The van der Waals surface area contributed by atoms with Crippen LogP contribution in [0, 0.1) is 0 Å². The maximum absolute atomic E-state index is 5.83. The Kier molecular flexibility index (Phi) is 3.25. The van der Waals surface area contributed by atoms with Crippen molar-refractivity contribution in [3.05, 3.63) is 47.5 Å². The lowest BCUT2D eigenvalue weighted by Gasteiger charge is -2.21. The molecular weight excluding hydrogens is 238 g/mol. The van der Waals surface area contributed by atoms with Gasteiger partial charge in [-0.05, 0) is 12.1 Å². The Bertz CT molecular complexity index is 577. The molecule has 1 aromatic heterocycles. The van der Waals surface area contributed by atoms with Crippen molar-refractivity contribution >= 4 is 0 Å². The van der Waals surface area contributed by atoms with Gasteiger partial charge in [0, 0.05) is 19.0 Å². The van der Waals surface area contributed by atoms with Gasteiger partial charge in [0.25, 0.3) is 0 Å². The summed E-state index contributed by atoms with van der Waals surface area (Å²) in [5.41, 5.74) is 3.67. The van der Waals surface area contributed by atoms with E-state index in [1.54, 1.807) is 0 Å². The number of fused-ring (bicyclic) bond motifs is 1. The number of ether oxygens (including phenoxy) is 1. The van der Waals surface area contributed by atoms with Gasteiger partial charge >= 0.3 is 0 Å². The van der Waals surface area contributed by atoms with Crippen LogP contribution in [0.3, 0.4) is 0 Å². The molecule has 19 heavy (non-hydrogen) atoms. The summed E-state index contributed by atoms with van der Waals surface area (Å²) in [6.45, 7) is 3.81. The van der Waals surface area contributed by atoms with E-state index in [0.717, 1.165) is 31.0 Å². The number of nitrogens with zero attached hydrogens (tertiary/aromatic N) is 2. The van der Waals surface area contributed by atoms with Gasteiger partial charge in [-0.2, -0.15) is 0 Å². The van der Waals surface area contributed by atoms with Crippen LogP contribution in [0.15, 0.2) is 30.7 Å². The van der Waals surface area contributed by atoms with Crippen LogP contribution in [0.4, 0.5) is 0 Å². The zero-order chi connectivity index (χ0) is 13.2. The fourth-order valence-electron chi connectivity index (χ4n) is 2.69. The average Bonchev–Trinajstić information content (AvgIpc) is 3.04. The average molecular weight is 257 g/mol. The Morgan fingerprint density at radius 3 is 3.11 bits per heavy atom. The lowest BCUT2D eigenvalue weighted by Crippen LogP contribution is -2.24. The van der Waals surface area contributed by atoms with Crippen LogP contribution in [-0.2, 0) is 13.5 Å². The molecule has 4 heteroatoms. The highest BCUT2D eigenvalue weighted by molar-refractivity contribution is 5.47. The molecule has 2 aromatic rings. The second-order valence-corrected chi connectivity index (χ2v) is 4.85. The van der Waals surface area contributed by atoms with Gasteiger partial charge in [0.15, 0.2) is 0 Å². The highest BCUT2D eigenvalue weighted by Gasteiger charge is 2.24. The molecule has 0 aliphatic carbocycles. The number of para-hydroxylation sites is 1. The van der Waals surface area contributed by atoms with Gasteiger partial charge in [-0.25, -0.2) is 4.98 Å². The molecule has 1 N–H and O–H groups in total. The van der Waals surface area contributed by atoms with E-state index in [1.165, 1.54) is 11.1 Å². The fourth-order valence-corrected chi connectivity index (χ4v) is 2.69. The monoisotopic (exact) mass is 257 g/mol. The number of hydrogen-bond acceptors (Lipinski definition) is 3. The van der Waals surface area contributed by atoms with Crippen molar-refractivity contribution in [2.24, 2.45) is 7.05 Å². The summed E-state index contributed by atoms with van der Waals surface area (Å²) < 4.78 is 7.88. The van der Waals surface area contributed by atoms with E-state index in [1.807, 2.05) is 19.6 Å². The summed E-state index contributed by atoms with van der Waals surface area (Å²) in [5.74, 6) is 1.05. The van der Waals surface area contributed by atoms with Gasteiger partial charge in [0.05, 0.1) is 30.9 Å². The summed E-state index contributed by atoms with van der Waals surface area (Å²) in [5, 5.41) is 3.53. The van der Waals surface area contributed by atoms with Gasteiger partial charge in [-0.15, -0.1) is 0 Å². The van der Waals surface area contributed by atoms with Crippen molar-refractivity contribution in [3.8, 4) is 5.75 Å². The first-order valence-electron chi connectivity index (χ1n) is 6.75. The molecule has 1 aliphatic heterocycles. The van der Waals surface area contributed by atoms with Crippen molar-refractivity contribution in [1.82, 2.24) is 14.9 Å². The van der Waals surface area contributed by atoms with E-state index in [2.05, 4.69) is 40.0 Å². The molecular formula is C15H19N3O. The molecule has 0 bridgehead atoms. The molecule has 0 radical (unpaired) electrons. The predicted octanol–water partition coefficient (Wildman–Crippen LogP) is 2.05. The maximum atomic E-state index is 5.83. The Balaban J connectivity index is 2.06. The summed E-state index contributed by atoms with van der Waals surface area (Å²) in [6.07, 6.45) is 4.76. The molecule has 0 fully saturated rings. The minimum Gasteiger partial charge on any atom is -0.493 e. The molecule has 0 spiro atoms. The lowest BCUT2D eigenvalue weighted by molar-refractivity contribution is 0.350. The summed E-state index contributed by atoms with van der Waals surface area (Å²) in [7, 11) is 2.02. The molecule has 1 aliphatic rings. The second kappa shape index (κ2) is 5.05. The van der Waals surface area contributed by atoms with Crippen LogP contribution in [0.1, 0.15) is 29.8 Å². The third-order valence-corrected chi connectivity index (χ3v) is 3.61. The topological polar surface area (TPSA) is 39.1 Å². The van der Waals surface area contributed by atoms with Gasteiger partial charge in [0.1, 0.15) is 5.75 Å². The van der Waals surface area contributed by atoms with Crippen molar-refractivity contribution in [3.63, 3.8) is 0 Å². The summed E-state index contributed by atoms with van der Waals surface area (Å²) in [4.78, 5) is 4.23. The maximum Gasteiger partial charge on any atom is 0.127 e. The van der Waals surface area contributed by atoms with Crippen LogP contribution >= 0.6 is 0 Å². The lowest BCUT2D eigenvalue weighted by atomic mass is 9.99. The van der Waals surface area contributed by atoms with Gasteiger partial charge in [-0.1, -0.05) is 25.1 Å². The van der Waals surface area contributed by atoms with E-state index in [9.17, 15) is 0 Å². The number of aryl methyl sites for hydroxylation is 1. The van der Waals surface area contributed by atoms with Crippen LogP contribution in [0.2, 0.25) is 0 Å². The second-order valence-electron chi connectivity index (χ2n) is 4.85. The van der Waals surface area contributed by atoms with Gasteiger partial charge in [-0.3, -0.25) is 0 Å². The third-order valence-electron chi connectivity index (χ3n) is 3.61. The number of aromatic nitrogens is 2. The molecule has 2 heterocycles. The molecule has 0 amide bonds. The predicted molar refractivity (Wildman–Crippen MR) is 74.4 cm³/mol. The van der Waals surface area contributed by atoms with Crippen molar-refractivity contribution < 1.29 is 4.74 Å². The number of rotatable bonds is 4. The van der Waals surface area contributed by atoms with Gasteiger partial charge in [0.2, 0.25) is 0 Å². The van der Waals surface area contributed by atoms with Gasteiger partial charge < -0.3 is 14.6 Å². The van der Waals surface area contributed by atoms with Crippen LogP contribution in [-0.4, -0.2) is 22.7 Å². The minimum atomic E-state index is 0.130. The normalized spacial score (nSPS) is 15.1. The SMILES string of the molecule is CCNC(c1cccc2c1OCC2)c1cncn1C. The molecule has 1 atom stereocenters. The molecule has 4 nitrogen and oxygen atoms in total. The standard InChI is InChI=1S/C15H19N3O/c1-3-17-14(13-9-16-10-18(13)2)12-6-4-5-11-7-8-19-15(11)12/h4-6,9-10,14,17H,3,7-8H2,1-2H3.